The fraction of sp³-hybridized carbons (Fsp3) is 0.542. The summed E-state index contributed by atoms with van der Waals surface area (Å²) in [7, 11) is 0. The number of aliphatic carboxylic acids is 1. The monoisotopic (exact) mass is 442 g/mol. The normalized spacial score (nSPS) is 12.5. The summed E-state index contributed by atoms with van der Waals surface area (Å²) in [5.74, 6) is 7.89. The van der Waals surface area contributed by atoms with E-state index in [4.69, 9.17) is 11.5 Å². The van der Waals surface area contributed by atoms with E-state index in [-0.39, 0.29) is 24.7 Å². The van der Waals surface area contributed by atoms with Crippen molar-refractivity contribution < 1.29 is 29.1 Å². The largest absolute Gasteiger partial charge is 0.481 e. The number of amides is 2. The molecule has 32 heavy (non-hydrogen) atoms. The zero-order chi connectivity index (χ0) is 24.7. The second kappa shape index (κ2) is 15.3. The van der Waals surface area contributed by atoms with Gasteiger partial charge in [-0.25, -0.2) is 0 Å². The fourth-order valence-electron chi connectivity index (χ4n) is 2.78. The molecule has 0 saturated heterocycles. The van der Waals surface area contributed by atoms with Crippen LogP contribution in [0.2, 0.25) is 0 Å². The van der Waals surface area contributed by atoms with E-state index < -0.39 is 47.9 Å². The van der Waals surface area contributed by atoms with E-state index in [0.717, 1.165) is 0 Å². The van der Waals surface area contributed by atoms with Gasteiger partial charge in [-0.1, -0.05) is 26.7 Å². The Kier molecular flexibility index (Phi) is 13.6. The van der Waals surface area contributed by atoms with Crippen molar-refractivity contribution in [1.82, 2.24) is 10.6 Å². The summed E-state index contributed by atoms with van der Waals surface area (Å²) in [5, 5.41) is 13.9. The van der Waals surface area contributed by atoms with Gasteiger partial charge in [-0.2, -0.15) is 0 Å². The zero-order valence-corrected chi connectivity index (χ0v) is 18.9. The first-order valence-electron chi connectivity index (χ1n) is 10.4. The van der Waals surface area contributed by atoms with E-state index in [9.17, 15) is 24.0 Å². The van der Waals surface area contributed by atoms with Crippen molar-refractivity contribution in [3.05, 3.63) is 0 Å². The third-order valence-electron chi connectivity index (χ3n) is 4.79. The average molecular weight is 443 g/mol. The summed E-state index contributed by atoms with van der Waals surface area (Å²) >= 11 is 0. The maximum Gasteiger partial charge on any atom is 0.305 e. The average Bonchev–Trinajstić information content (AvgIpc) is 2.72. The molecular weight excluding hydrogens is 412 g/mol. The Bertz CT molecular complexity index is 874. The van der Waals surface area contributed by atoms with Gasteiger partial charge >= 0.3 is 5.97 Å². The topological polar surface area (TPSA) is 130 Å². The molecule has 0 rings (SSSR count). The number of carboxylic acids is 1. The number of rotatable bonds is 13. The Hall–Kier alpha value is -3.57. The highest BCUT2D eigenvalue weighted by Gasteiger charge is 2.28. The lowest BCUT2D eigenvalue weighted by molar-refractivity contribution is -0.140. The Labute approximate surface area is 189 Å². The van der Waals surface area contributed by atoms with Crippen LogP contribution in [-0.2, 0) is 24.0 Å². The molecule has 3 atom stereocenters. The molecule has 0 radical (unpaired) electrons. The molecule has 0 aromatic carbocycles. The molecule has 0 spiro atoms. The molecule has 0 saturated carbocycles. The minimum Gasteiger partial charge on any atom is -0.481 e. The number of carbonyl (C=O) groups excluding carboxylic acids is 4. The highest BCUT2D eigenvalue weighted by molar-refractivity contribution is 5.95. The zero-order valence-electron chi connectivity index (χ0n) is 18.9. The molecule has 0 aliphatic heterocycles. The molecule has 0 bridgehead atoms. The molecule has 0 aliphatic carbocycles. The third-order valence-corrected chi connectivity index (χ3v) is 4.79. The van der Waals surface area contributed by atoms with Gasteiger partial charge in [0.2, 0.25) is 11.8 Å². The molecule has 0 aromatic rings. The van der Waals surface area contributed by atoms with Crippen LogP contribution in [-0.4, -0.2) is 46.5 Å². The first-order chi connectivity index (χ1) is 15.1. The van der Waals surface area contributed by atoms with E-state index in [1.807, 2.05) is 13.8 Å². The molecule has 172 valence electrons. The van der Waals surface area contributed by atoms with E-state index in [1.54, 1.807) is 0 Å². The molecular formula is C24H30N2O6. The highest BCUT2D eigenvalue weighted by Crippen LogP contribution is 2.12. The Morgan fingerprint density at radius 2 is 1.50 bits per heavy atom. The van der Waals surface area contributed by atoms with Crippen LogP contribution in [0.25, 0.3) is 0 Å². The number of hydrogen-bond donors (Lipinski definition) is 3. The second-order valence-electron chi connectivity index (χ2n) is 7.32. The molecule has 2 amide bonds. The lowest BCUT2D eigenvalue weighted by Crippen LogP contribution is -2.46. The lowest BCUT2D eigenvalue weighted by atomic mass is 9.95. The van der Waals surface area contributed by atoms with Crippen LogP contribution >= 0.6 is 0 Å². The van der Waals surface area contributed by atoms with Gasteiger partial charge < -0.3 is 15.7 Å². The van der Waals surface area contributed by atoms with Crippen LogP contribution in [0.15, 0.2) is 0 Å². The maximum absolute atomic E-state index is 12.8. The summed E-state index contributed by atoms with van der Waals surface area (Å²) in [6.45, 7) is 6.40. The highest BCUT2D eigenvalue weighted by atomic mass is 16.4. The molecule has 8 heteroatoms. The van der Waals surface area contributed by atoms with Gasteiger partial charge in [0.15, 0.2) is 11.6 Å². The second-order valence-corrected chi connectivity index (χ2v) is 7.32. The van der Waals surface area contributed by atoms with Gasteiger partial charge in [-0.05, 0) is 43.4 Å². The van der Waals surface area contributed by atoms with Gasteiger partial charge in [-0.15, -0.1) is 6.42 Å². The van der Waals surface area contributed by atoms with Crippen LogP contribution in [0, 0.1) is 47.9 Å². The quantitative estimate of drug-likeness (QED) is 0.366. The SMILES string of the molecule is C#CC#CC#CCC(NC(=O)C(CC)CC)C(=O)CC(C)C(=O)NC(CC(=O)O)C(C)=O. The van der Waals surface area contributed by atoms with Gasteiger partial charge in [-0.3, -0.25) is 24.0 Å². The molecule has 0 aliphatic rings. The van der Waals surface area contributed by atoms with Gasteiger partial charge in [0, 0.05) is 24.7 Å². The van der Waals surface area contributed by atoms with Crippen LogP contribution in [0.4, 0.5) is 0 Å². The summed E-state index contributed by atoms with van der Waals surface area (Å²) in [5.41, 5.74) is 0. The summed E-state index contributed by atoms with van der Waals surface area (Å²) in [4.78, 5) is 60.1. The fourth-order valence-corrected chi connectivity index (χ4v) is 2.78. The lowest BCUT2D eigenvalue weighted by Gasteiger charge is -2.21. The number of ketones is 2. The van der Waals surface area contributed by atoms with Crippen LogP contribution in [0.5, 0.6) is 0 Å². The number of terminal acetylenes is 1. The van der Waals surface area contributed by atoms with Crippen molar-refractivity contribution in [1.29, 1.82) is 0 Å². The predicted molar refractivity (Wildman–Crippen MR) is 119 cm³/mol. The number of carbonyl (C=O) groups is 5. The summed E-state index contributed by atoms with van der Waals surface area (Å²) in [6.07, 6.45) is 5.45. The van der Waals surface area contributed by atoms with Crippen molar-refractivity contribution in [3.63, 3.8) is 0 Å². The first kappa shape index (κ1) is 28.4. The summed E-state index contributed by atoms with van der Waals surface area (Å²) < 4.78 is 0. The summed E-state index contributed by atoms with van der Waals surface area (Å²) in [6, 6.07) is -2.12. The Morgan fingerprint density at radius 1 is 0.906 bits per heavy atom. The smallest absolute Gasteiger partial charge is 0.305 e. The minimum absolute atomic E-state index is 0.00655. The number of carboxylic acid groups (broad SMARTS) is 1. The van der Waals surface area contributed by atoms with Gasteiger partial charge in [0.1, 0.15) is 0 Å². The van der Waals surface area contributed by atoms with Crippen LogP contribution in [0.1, 0.15) is 59.8 Å². The molecule has 8 nitrogen and oxygen atoms in total. The maximum atomic E-state index is 12.8. The number of nitrogens with one attached hydrogen (secondary N) is 2. The van der Waals surface area contributed by atoms with E-state index in [0.29, 0.717) is 12.8 Å². The van der Waals surface area contributed by atoms with Crippen LogP contribution in [0.3, 0.4) is 0 Å². The van der Waals surface area contributed by atoms with Crippen molar-refractivity contribution in [2.75, 3.05) is 0 Å². The molecule has 3 N–H and O–H groups in total. The van der Waals surface area contributed by atoms with E-state index >= 15 is 0 Å². The van der Waals surface area contributed by atoms with E-state index in [1.165, 1.54) is 13.8 Å². The molecule has 3 unspecified atom stereocenters. The minimum atomic E-state index is -1.23. The van der Waals surface area contributed by atoms with Gasteiger partial charge in [0.25, 0.3) is 0 Å². The molecule has 0 aromatic heterocycles. The van der Waals surface area contributed by atoms with Crippen molar-refractivity contribution >= 4 is 29.4 Å². The molecule has 0 heterocycles. The Morgan fingerprint density at radius 3 is 2.00 bits per heavy atom. The van der Waals surface area contributed by atoms with Crippen molar-refractivity contribution in [2.24, 2.45) is 11.8 Å². The number of hydrogen-bond acceptors (Lipinski definition) is 5. The van der Waals surface area contributed by atoms with E-state index in [2.05, 4.69) is 40.2 Å². The van der Waals surface area contributed by atoms with Crippen LogP contribution < -0.4 is 10.6 Å². The van der Waals surface area contributed by atoms with Crippen molar-refractivity contribution in [3.8, 4) is 36.0 Å². The van der Waals surface area contributed by atoms with Crippen molar-refractivity contribution in [2.45, 2.75) is 71.9 Å². The third kappa shape index (κ3) is 11.0. The first-order valence-corrected chi connectivity index (χ1v) is 10.4. The van der Waals surface area contributed by atoms with Gasteiger partial charge in [0.05, 0.1) is 18.5 Å². The standard InChI is InChI=1S/C24H30N2O6/c1-6-9-10-11-12-13-19(25-24(32)18(7-2)8-3)21(28)14-16(4)23(31)26-20(17(5)27)15-22(29)30/h1,16,18-20H,7-8,13-15H2,2-5H3,(H,25,32)(H,26,31)(H,29,30). The predicted octanol–water partition coefficient (Wildman–Crippen LogP) is 1.08. The molecule has 0 fully saturated rings. The Balaban J connectivity index is 5.34. The number of Topliss-reactive ketones (excluding diaryl/α,β-unsaturated/α-hetero) is 2.